The van der Waals surface area contributed by atoms with Crippen LogP contribution in [0.3, 0.4) is 0 Å². The van der Waals surface area contributed by atoms with E-state index in [0.29, 0.717) is 29.0 Å². The van der Waals surface area contributed by atoms with Gasteiger partial charge >= 0.3 is 0 Å². The summed E-state index contributed by atoms with van der Waals surface area (Å²) in [5.41, 5.74) is 3.44. The smallest absolute Gasteiger partial charge is 0.256 e. The largest absolute Gasteiger partial charge is 0.367 e. The van der Waals surface area contributed by atoms with Crippen LogP contribution >= 0.6 is 11.6 Å². The Bertz CT molecular complexity index is 1060. The second kappa shape index (κ2) is 9.06. The summed E-state index contributed by atoms with van der Waals surface area (Å²) in [6, 6.07) is 11.4. The van der Waals surface area contributed by atoms with E-state index in [9.17, 15) is 4.79 Å². The zero-order chi connectivity index (χ0) is 22.0. The number of carbonyl (C=O) groups is 1. The van der Waals surface area contributed by atoms with Crippen LogP contribution in [0.15, 0.2) is 42.6 Å². The van der Waals surface area contributed by atoms with Crippen molar-refractivity contribution in [3.63, 3.8) is 0 Å². The Morgan fingerprint density at radius 3 is 2.74 bits per heavy atom. The Morgan fingerprint density at radius 1 is 1.19 bits per heavy atom. The fraction of sp³-hybridized carbons (Fsp3) is 0.391. The van der Waals surface area contributed by atoms with E-state index in [-0.39, 0.29) is 11.9 Å². The lowest BCUT2D eigenvalue weighted by molar-refractivity contribution is 0.0540. The van der Waals surface area contributed by atoms with Gasteiger partial charge in [-0.3, -0.25) is 4.79 Å². The van der Waals surface area contributed by atoms with Crippen LogP contribution in [0.5, 0.6) is 0 Å². The molecule has 1 aliphatic rings. The summed E-state index contributed by atoms with van der Waals surface area (Å²) < 4.78 is 1.78. The number of amides is 1. The molecule has 2 aromatic heterocycles. The fourth-order valence-corrected chi connectivity index (χ4v) is 4.26. The van der Waals surface area contributed by atoms with Crippen molar-refractivity contribution in [2.24, 2.45) is 5.92 Å². The molecule has 2 atom stereocenters. The highest BCUT2D eigenvalue weighted by Crippen LogP contribution is 2.27. The van der Waals surface area contributed by atoms with Gasteiger partial charge in [0.2, 0.25) is 0 Å². The molecule has 0 aliphatic carbocycles. The van der Waals surface area contributed by atoms with Crippen LogP contribution in [0.1, 0.15) is 41.4 Å². The van der Waals surface area contributed by atoms with Gasteiger partial charge in [-0.2, -0.15) is 5.10 Å². The van der Waals surface area contributed by atoms with Gasteiger partial charge in [0.1, 0.15) is 5.82 Å². The van der Waals surface area contributed by atoms with Gasteiger partial charge in [-0.15, -0.1) is 10.2 Å². The maximum atomic E-state index is 13.8. The van der Waals surface area contributed by atoms with Crippen LogP contribution in [0.4, 0.5) is 5.82 Å². The average Bonchev–Trinajstić information content (AvgIpc) is 3.19. The third-order valence-corrected chi connectivity index (χ3v) is 6.05. The number of benzene rings is 1. The molecule has 0 unspecified atom stereocenters. The maximum Gasteiger partial charge on any atom is 0.256 e. The minimum Gasteiger partial charge on any atom is -0.367 e. The zero-order valence-electron chi connectivity index (χ0n) is 18.0. The molecule has 0 saturated carbocycles. The van der Waals surface area contributed by atoms with Crippen LogP contribution in [-0.2, 0) is 0 Å². The van der Waals surface area contributed by atoms with Gasteiger partial charge in [-0.05, 0) is 62.9 Å². The topological polar surface area (TPSA) is 75.9 Å². The predicted molar refractivity (Wildman–Crippen MR) is 122 cm³/mol. The lowest BCUT2D eigenvalue weighted by Gasteiger charge is -2.40. The summed E-state index contributed by atoms with van der Waals surface area (Å²) in [5.74, 6) is 1.05. The molecular formula is C23H27ClN6O. The summed E-state index contributed by atoms with van der Waals surface area (Å²) in [6.45, 7) is 7.48. The van der Waals surface area contributed by atoms with Gasteiger partial charge in [0.05, 0.1) is 23.0 Å². The second-order valence-corrected chi connectivity index (χ2v) is 8.62. The number of aromatic nitrogens is 4. The monoisotopic (exact) mass is 438 g/mol. The van der Waals surface area contributed by atoms with E-state index in [4.69, 9.17) is 11.6 Å². The van der Waals surface area contributed by atoms with Crippen LogP contribution in [0, 0.1) is 19.8 Å². The molecule has 3 aromatic rings. The summed E-state index contributed by atoms with van der Waals surface area (Å²) >= 11 is 5.83. The van der Waals surface area contributed by atoms with Crippen molar-refractivity contribution in [2.75, 3.05) is 18.4 Å². The van der Waals surface area contributed by atoms with Gasteiger partial charge in [0, 0.05) is 19.3 Å². The molecule has 0 bridgehead atoms. The molecule has 7 nitrogen and oxygen atoms in total. The molecule has 1 saturated heterocycles. The summed E-state index contributed by atoms with van der Waals surface area (Å²) in [6.07, 6.45) is 3.97. The first kappa shape index (κ1) is 21.3. The number of aryl methyl sites for hydroxylation is 2. The molecule has 1 aromatic carbocycles. The van der Waals surface area contributed by atoms with Crippen LogP contribution < -0.4 is 5.32 Å². The number of halogens is 1. The number of likely N-dealkylation sites (tertiary alicyclic amines) is 1. The third kappa shape index (κ3) is 4.71. The first-order chi connectivity index (χ1) is 14.9. The van der Waals surface area contributed by atoms with Crippen molar-refractivity contribution in [3.05, 3.63) is 64.6 Å². The molecule has 3 heterocycles. The molecule has 0 radical (unpaired) electrons. The molecule has 1 aliphatic heterocycles. The Morgan fingerprint density at radius 2 is 2.03 bits per heavy atom. The Labute approximate surface area is 187 Å². The first-order valence-electron chi connectivity index (χ1n) is 10.6. The minimum atomic E-state index is 0.0346. The molecule has 31 heavy (non-hydrogen) atoms. The number of hydrogen-bond acceptors (Lipinski definition) is 5. The number of anilines is 1. The van der Waals surface area contributed by atoms with Crippen molar-refractivity contribution in [1.82, 2.24) is 24.9 Å². The number of carbonyl (C=O) groups excluding carboxylic acids is 1. The van der Waals surface area contributed by atoms with Gasteiger partial charge in [0.15, 0.2) is 5.15 Å². The zero-order valence-corrected chi connectivity index (χ0v) is 18.8. The third-order valence-electron chi connectivity index (χ3n) is 5.85. The van der Waals surface area contributed by atoms with Gasteiger partial charge < -0.3 is 10.2 Å². The second-order valence-electron chi connectivity index (χ2n) is 8.23. The van der Waals surface area contributed by atoms with E-state index in [1.165, 1.54) is 0 Å². The molecule has 162 valence electrons. The van der Waals surface area contributed by atoms with Gasteiger partial charge in [-0.25, -0.2) is 4.68 Å². The van der Waals surface area contributed by atoms with Crippen molar-refractivity contribution in [3.8, 4) is 5.69 Å². The lowest BCUT2D eigenvalue weighted by Crippen LogP contribution is -2.51. The molecule has 4 rings (SSSR count). The number of nitrogens with zero attached hydrogens (tertiary/aromatic N) is 5. The van der Waals surface area contributed by atoms with Gasteiger partial charge in [0.25, 0.3) is 5.91 Å². The summed E-state index contributed by atoms with van der Waals surface area (Å²) in [7, 11) is 0. The van der Waals surface area contributed by atoms with E-state index in [0.717, 1.165) is 36.3 Å². The standard InChI is InChI=1S/C23H27ClN6O/c1-15-6-7-19(30-12-10-17(3)28-30)18(13-15)23(31)29-11-4-5-16(2)20(29)14-25-22-9-8-21(24)26-27-22/h6-10,12-13,16,20H,4-5,11,14H2,1-3H3,(H,25,27)/t16-,20-/m1/s1. The summed E-state index contributed by atoms with van der Waals surface area (Å²) in [5, 5.41) is 16.2. The molecule has 1 fully saturated rings. The lowest BCUT2D eigenvalue weighted by atomic mass is 9.89. The summed E-state index contributed by atoms with van der Waals surface area (Å²) in [4.78, 5) is 15.8. The SMILES string of the molecule is Cc1ccc(-n2ccc(C)n2)c(C(=O)N2CCC[C@@H](C)[C@H]2CNc2ccc(Cl)nn2)c1. The number of nitrogens with one attached hydrogen (secondary N) is 1. The van der Waals surface area contributed by atoms with E-state index < -0.39 is 0 Å². The average molecular weight is 439 g/mol. The van der Waals surface area contributed by atoms with Crippen molar-refractivity contribution < 1.29 is 4.79 Å². The number of hydrogen-bond donors (Lipinski definition) is 1. The highest BCUT2D eigenvalue weighted by molar-refractivity contribution is 6.29. The fourth-order valence-electron chi connectivity index (χ4n) is 4.16. The maximum absolute atomic E-state index is 13.8. The highest BCUT2D eigenvalue weighted by atomic mass is 35.5. The molecule has 1 N–H and O–H groups in total. The Balaban J connectivity index is 1.61. The number of piperidine rings is 1. The van der Waals surface area contributed by atoms with E-state index in [1.54, 1.807) is 16.8 Å². The quantitative estimate of drug-likeness (QED) is 0.643. The van der Waals surface area contributed by atoms with Crippen molar-refractivity contribution >= 4 is 23.3 Å². The molecular weight excluding hydrogens is 412 g/mol. The molecule has 1 amide bonds. The van der Waals surface area contributed by atoms with E-state index in [1.807, 2.05) is 49.2 Å². The minimum absolute atomic E-state index is 0.0346. The highest BCUT2D eigenvalue weighted by Gasteiger charge is 2.33. The van der Waals surface area contributed by atoms with Crippen molar-refractivity contribution in [2.45, 2.75) is 39.7 Å². The van der Waals surface area contributed by atoms with Crippen molar-refractivity contribution in [1.29, 1.82) is 0 Å². The van der Waals surface area contributed by atoms with Gasteiger partial charge in [-0.1, -0.05) is 30.2 Å². The van der Waals surface area contributed by atoms with Crippen LogP contribution in [-0.4, -0.2) is 49.9 Å². The van der Waals surface area contributed by atoms with E-state index >= 15 is 0 Å². The Kier molecular flexibility index (Phi) is 6.23. The Hall–Kier alpha value is -2.93. The number of rotatable bonds is 5. The normalized spacial score (nSPS) is 18.8. The van der Waals surface area contributed by atoms with Crippen LogP contribution in [0.2, 0.25) is 5.15 Å². The molecule has 8 heteroatoms. The molecule has 0 spiro atoms. The first-order valence-corrected chi connectivity index (χ1v) is 11.0. The predicted octanol–water partition coefficient (Wildman–Crippen LogP) is 4.29. The van der Waals surface area contributed by atoms with E-state index in [2.05, 4.69) is 27.5 Å². The van der Waals surface area contributed by atoms with Crippen LogP contribution in [0.25, 0.3) is 5.69 Å².